The van der Waals surface area contributed by atoms with E-state index in [4.69, 9.17) is 0 Å². The fourth-order valence-electron chi connectivity index (χ4n) is 2.05. The van der Waals surface area contributed by atoms with Gasteiger partial charge in [-0.25, -0.2) is 0 Å². The Morgan fingerprint density at radius 1 is 1.00 bits per heavy atom. The maximum absolute atomic E-state index is 3.35. The van der Waals surface area contributed by atoms with Crippen molar-refractivity contribution in [1.29, 1.82) is 0 Å². The first kappa shape index (κ1) is 13.2. The summed E-state index contributed by atoms with van der Waals surface area (Å²) in [6, 6.07) is 9.79. The highest BCUT2D eigenvalue weighted by Gasteiger charge is 2.03. The van der Waals surface area contributed by atoms with Crippen molar-refractivity contribution in [2.45, 2.75) is 52.0 Å². The van der Waals surface area contributed by atoms with Crippen LogP contribution in [0.4, 0.5) is 0 Å². The maximum atomic E-state index is 3.35. The molecule has 1 nitrogen and oxygen atoms in total. The molecule has 1 aromatic rings. The van der Waals surface area contributed by atoms with Gasteiger partial charge in [0, 0.05) is 6.04 Å². The summed E-state index contributed by atoms with van der Waals surface area (Å²) in [5.74, 6) is 0. The molecule has 0 aliphatic heterocycles. The molecule has 0 saturated carbocycles. The summed E-state index contributed by atoms with van der Waals surface area (Å²) in [7, 11) is 2.05. The first-order chi connectivity index (χ1) is 7.80. The van der Waals surface area contributed by atoms with Crippen molar-refractivity contribution in [3.8, 4) is 0 Å². The molecule has 1 rings (SSSR count). The molecule has 90 valence electrons. The van der Waals surface area contributed by atoms with E-state index in [9.17, 15) is 0 Å². The molecule has 0 aromatic heterocycles. The van der Waals surface area contributed by atoms with Gasteiger partial charge in [-0.15, -0.1) is 0 Å². The van der Waals surface area contributed by atoms with E-state index in [1.165, 1.54) is 43.2 Å². The van der Waals surface area contributed by atoms with Crippen molar-refractivity contribution < 1.29 is 0 Å². The number of nitrogens with one attached hydrogen (secondary N) is 1. The van der Waals surface area contributed by atoms with Crippen molar-refractivity contribution in [3.63, 3.8) is 0 Å². The maximum Gasteiger partial charge on any atom is 0.00646 e. The van der Waals surface area contributed by atoms with Crippen LogP contribution in [-0.4, -0.2) is 13.1 Å². The van der Waals surface area contributed by atoms with Gasteiger partial charge in [0.1, 0.15) is 0 Å². The molecule has 0 saturated heterocycles. The Bertz CT molecular complexity index is 272. The topological polar surface area (TPSA) is 12.0 Å². The third kappa shape index (κ3) is 4.36. The fourth-order valence-corrected chi connectivity index (χ4v) is 2.05. The van der Waals surface area contributed by atoms with E-state index in [0.29, 0.717) is 6.04 Å². The van der Waals surface area contributed by atoms with Crippen LogP contribution in [0, 0.1) is 0 Å². The summed E-state index contributed by atoms with van der Waals surface area (Å²) in [5, 5.41) is 3.35. The molecule has 0 heterocycles. The molecule has 0 fully saturated rings. The van der Waals surface area contributed by atoms with E-state index in [2.05, 4.69) is 50.5 Å². The quantitative estimate of drug-likeness (QED) is 0.739. The second-order valence-electron chi connectivity index (χ2n) is 4.50. The van der Waals surface area contributed by atoms with E-state index >= 15 is 0 Å². The summed E-state index contributed by atoms with van der Waals surface area (Å²) >= 11 is 0. The lowest BCUT2D eigenvalue weighted by molar-refractivity contribution is 0.509. The van der Waals surface area contributed by atoms with Crippen LogP contribution in [0.15, 0.2) is 24.3 Å². The minimum Gasteiger partial charge on any atom is -0.317 e. The van der Waals surface area contributed by atoms with Gasteiger partial charge >= 0.3 is 0 Å². The first-order valence-corrected chi connectivity index (χ1v) is 6.55. The Labute approximate surface area is 100 Å². The zero-order chi connectivity index (χ0) is 11.8. The molecular formula is C15H25N. The third-order valence-electron chi connectivity index (χ3n) is 3.24. The molecule has 0 bridgehead atoms. The number of rotatable bonds is 7. The van der Waals surface area contributed by atoms with Crippen LogP contribution in [0.5, 0.6) is 0 Å². The van der Waals surface area contributed by atoms with Gasteiger partial charge in [0.25, 0.3) is 0 Å². The smallest absolute Gasteiger partial charge is 0.00646 e. The van der Waals surface area contributed by atoms with Gasteiger partial charge in [0.15, 0.2) is 0 Å². The number of hydrogen-bond acceptors (Lipinski definition) is 1. The van der Waals surface area contributed by atoms with Crippen molar-refractivity contribution in [2.75, 3.05) is 7.05 Å². The Morgan fingerprint density at radius 3 is 2.00 bits per heavy atom. The Balaban J connectivity index is 2.42. The second-order valence-corrected chi connectivity index (χ2v) is 4.50. The monoisotopic (exact) mass is 219 g/mol. The first-order valence-electron chi connectivity index (χ1n) is 6.55. The molecular weight excluding hydrogens is 194 g/mol. The molecule has 0 amide bonds. The lowest BCUT2D eigenvalue weighted by Gasteiger charge is -2.13. The van der Waals surface area contributed by atoms with Gasteiger partial charge in [-0.2, -0.15) is 0 Å². The average molecular weight is 219 g/mol. The molecule has 0 spiro atoms. The minimum atomic E-state index is 0.662. The zero-order valence-electron chi connectivity index (χ0n) is 10.9. The van der Waals surface area contributed by atoms with Crippen LogP contribution >= 0.6 is 0 Å². The highest BCUT2D eigenvalue weighted by Crippen LogP contribution is 2.10. The van der Waals surface area contributed by atoms with Gasteiger partial charge in [-0.05, 0) is 43.9 Å². The predicted octanol–water partition coefficient (Wildman–Crippen LogP) is 3.57. The van der Waals surface area contributed by atoms with Gasteiger partial charge in [0.05, 0.1) is 0 Å². The van der Waals surface area contributed by atoms with Gasteiger partial charge in [0.2, 0.25) is 0 Å². The van der Waals surface area contributed by atoms with Gasteiger partial charge < -0.3 is 5.32 Å². The molecule has 0 aliphatic carbocycles. The minimum absolute atomic E-state index is 0.662. The Kier molecular flexibility index (Phi) is 6.17. The van der Waals surface area contributed by atoms with E-state index in [0.717, 1.165) is 0 Å². The van der Waals surface area contributed by atoms with Crippen LogP contribution in [0.25, 0.3) is 0 Å². The summed E-state index contributed by atoms with van der Waals surface area (Å²) in [4.78, 5) is 0. The van der Waals surface area contributed by atoms with Crippen LogP contribution in [0.3, 0.4) is 0 Å². The zero-order valence-corrected chi connectivity index (χ0v) is 10.9. The Morgan fingerprint density at radius 2 is 1.56 bits per heavy atom. The summed E-state index contributed by atoms with van der Waals surface area (Å²) < 4.78 is 0. The standard InChI is InChI=1S/C15H25N/c1-4-6-13-7-9-14(10-8-13)11-12-15(5-2)16-3/h7-10,15-16H,4-6,11-12H2,1-3H3. The van der Waals surface area contributed by atoms with Crippen LogP contribution < -0.4 is 5.32 Å². The molecule has 0 aliphatic rings. The highest BCUT2D eigenvalue weighted by atomic mass is 14.9. The van der Waals surface area contributed by atoms with E-state index in [1.54, 1.807) is 0 Å². The highest BCUT2D eigenvalue weighted by molar-refractivity contribution is 5.22. The Hall–Kier alpha value is -0.820. The van der Waals surface area contributed by atoms with Crippen molar-refractivity contribution in [1.82, 2.24) is 5.32 Å². The predicted molar refractivity (Wildman–Crippen MR) is 71.9 cm³/mol. The molecule has 1 N–H and O–H groups in total. The average Bonchev–Trinajstić information content (AvgIpc) is 2.33. The van der Waals surface area contributed by atoms with Gasteiger partial charge in [-0.1, -0.05) is 44.5 Å². The van der Waals surface area contributed by atoms with Crippen LogP contribution in [0.2, 0.25) is 0 Å². The van der Waals surface area contributed by atoms with E-state index < -0.39 is 0 Å². The van der Waals surface area contributed by atoms with Crippen LogP contribution in [0.1, 0.15) is 44.2 Å². The number of hydrogen-bond donors (Lipinski definition) is 1. The fraction of sp³-hybridized carbons (Fsp3) is 0.600. The SMILES string of the molecule is CCCc1ccc(CCC(CC)NC)cc1. The molecule has 1 heteroatoms. The molecule has 0 radical (unpaired) electrons. The number of aryl methyl sites for hydroxylation is 2. The van der Waals surface area contributed by atoms with E-state index in [1.807, 2.05) is 0 Å². The molecule has 1 unspecified atom stereocenters. The second kappa shape index (κ2) is 7.45. The van der Waals surface area contributed by atoms with Gasteiger partial charge in [-0.3, -0.25) is 0 Å². The number of benzene rings is 1. The van der Waals surface area contributed by atoms with E-state index in [-0.39, 0.29) is 0 Å². The largest absolute Gasteiger partial charge is 0.317 e. The lowest BCUT2D eigenvalue weighted by atomic mass is 10.0. The summed E-state index contributed by atoms with van der Waals surface area (Å²) in [6.45, 7) is 4.47. The summed E-state index contributed by atoms with van der Waals surface area (Å²) in [6.07, 6.45) is 6.07. The third-order valence-corrected chi connectivity index (χ3v) is 3.24. The van der Waals surface area contributed by atoms with Crippen molar-refractivity contribution in [3.05, 3.63) is 35.4 Å². The lowest BCUT2D eigenvalue weighted by Crippen LogP contribution is -2.24. The van der Waals surface area contributed by atoms with Crippen LogP contribution in [-0.2, 0) is 12.8 Å². The summed E-state index contributed by atoms with van der Waals surface area (Å²) in [5.41, 5.74) is 2.93. The molecule has 1 aromatic carbocycles. The molecule has 1 atom stereocenters. The normalized spacial score (nSPS) is 12.7. The van der Waals surface area contributed by atoms with Crippen molar-refractivity contribution >= 4 is 0 Å². The molecule has 16 heavy (non-hydrogen) atoms. The van der Waals surface area contributed by atoms with Crippen molar-refractivity contribution in [2.24, 2.45) is 0 Å².